The first-order valence-corrected chi connectivity index (χ1v) is 10.5. The van der Waals surface area contributed by atoms with Crippen molar-refractivity contribution in [1.82, 2.24) is 4.90 Å². The number of carbonyl (C=O) groups is 1. The Hall–Kier alpha value is -2.89. The second-order valence-corrected chi connectivity index (χ2v) is 8.48. The molecule has 2 aromatic rings. The molecule has 8 heteroatoms. The Morgan fingerprint density at radius 3 is 2.43 bits per heavy atom. The van der Waals surface area contributed by atoms with Gasteiger partial charge < -0.3 is 9.32 Å². The van der Waals surface area contributed by atoms with Crippen molar-refractivity contribution in [3.63, 3.8) is 0 Å². The first-order chi connectivity index (χ1) is 13.3. The number of hydrogen-bond acceptors (Lipinski definition) is 5. The molecule has 1 fully saturated rings. The number of rotatable bonds is 4. The van der Waals surface area contributed by atoms with Gasteiger partial charge in [-0.25, -0.2) is 13.6 Å². The van der Waals surface area contributed by atoms with Crippen LogP contribution in [0.25, 0.3) is 17.4 Å². The third-order valence-corrected chi connectivity index (χ3v) is 5.73. The molecule has 1 amide bonds. The molecular formula is C20H21N3O4S. The van der Waals surface area contributed by atoms with Gasteiger partial charge in [0.15, 0.2) is 0 Å². The van der Waals surface area contributed by atoms with Crippen LogP contribution in [0.15, 0.2) is 51.3 Å². The maximum Gasteiger partial charge on any atom is 0.264 e. The summed E-state index contributed by atoms with van der Waals surface area (Å²) in [5.74, 6) is 1.17. The van der Waals surface area contributed by atoms with E-state index < -0.39 is 10.0 Å². The minimum Gasteiger partial charge on any atom is -0.457 e. The standard InChI is InChI=1S/C20H21N3O4S/c1-14-8-10-23(11-9-14)20(24)16(13-21)12-17-4-7-19(27-17)15-2-5-18(6-3-15)28(22,25)26/h2-7,12,14H,8-11H2,1H3,(H2,22,25,26). The molecule has 0 radical (unpaired) electrons. The average molecular weight is 399 g/mol. The number of nitrogens with zero attached hydrogens (tertiary/aromatic N) is 2. The van der Waals surface area contributed by atoms with E-state index in [4.69, 9.17) is 9.56 Å². The Labute approximate surface area is 164 Å². The molecule has 1 aromatic carbocycles. The molecule has 146 valence electrons. The molecule has 1 aliphatic rings. The lowest BCUT2D eigenvalue weighted by Crippen LogP contribution is -2.38. The second kappa shape index (κ2) is 8.00. The second-order valence-electron chi connectivity index (χ2n) is 6.92. The van der Waals surface area contributed by atoms with Crippen molar-refractivity contribution < 1.29 is 17.6 Å². The van der Waals surface area contributed by atoms with Crippen LogP contribution < -0.4 is 5.14 Å². The lowest BCUT2D eigenvalue weighted by Gasteiger charge is -2.30. The first kappa shape index (κ1) is 19.9. The summed E-state index contributed by atoms with van der Waals surface area (Å²) in [7, 11) is -3.76. The molecule has 1 aliphatic heterocycles. The number of amides is 1. The molecule has 3 rings (SSSR count). The predicted molar refractivity (Wildman–Crippen MR) is 104 cm³/mol. The molecule has 0 bridgehead atoms. The van der Waals surface area contributed by atoms with Crippen LogP contribution in [-0.2, 0) is 14.8 Å². The van der Waals surface area contributed by atoms with Gasteiger partial charge in [-0.2, -0.15) is 5.26 Å². The van der Waals surface area contributed by atoms with Gasteiger partial charge in [-0.15, -0.1) is 0 Å². The van der Waals surface area contributed by atoms with Crippen molar-refractivity contribution in [2.45, 2.75) is 24.7 Å². The molecule has 2 heterocycles. The van der Waals surface area contributed by atoms with E-state index in [9.17, 15) is 18.5 Å². The topological polar surface area (TPSA) is 117 Å². The quantitative estimate of drug-likeness (QED) is 0.626. The lowest BCUT2D eigenvalue weighted by molar-refractivity contribution is -0.127. The van der Waals surface area contributed by atoms with Gasteiger partial charge in [0.05, 0.1) is 4.90 Å². The number of nitrogens with two attached hydrogens (primary N) is 1. The van der Waals surface area contributed by atoms with E-state index in [1.807, 2.05) is 6.07 Å². The van der Waals surface area contributed by atoms with Gasteiger partial charge in [-0.1, -0.05) is 6.92 Å². The summed E-state index contributed by atoms with van der Waals surface area (Å²) in [5.41, 5.74) is 0.682. The Kier molecular flexibility index (Phi) is 5.68. The molecule has 0 atom stereocenters. The summed E-state index contributed by atoms with van der Waals surface area (Å²) < 4.78 is 28.4. The normalized spacial score (nSPS) is 16.0. The largest absolute Gasteiger partial charge is 0.457 e. The number of furan rings is 1. The molecule has 1 saturated heterocycles. The van der Waals surface area contributed by atoms with Crippen molar-refractivity contribution in [2.24, 2.45) is 11.1 Å². The fourth-order valence-electron chi connectivity index (χ4n) is 3.06. The van der Waals surface area contributed by atoms with Gasteiger partial charge in [0.2, 0.25) is 10.0 Å². The van der Waals surface area contributed by atoms with Crippen molar-refractivity contribution >= 4 is 22.0 Å². The summed E-state index contributed by atoms with van der Waals surface area (Å²) in [5, 5.41) is 14.5. The maximum atomic E-state index is 12.6. The lowest BCUT2D eigenvalue weighted by atomic mass is 9.98. The van der Waals surface area contributed by atoms with Crippen LogP contribution in [0.1, 0.15) is 25.5 Å². The molecule has 0 aliphatic carbocycles. The Morgan fingerprint density at radius 1 is 1.21 bits per heavy atom. The first-order valence-electron chi connectivity index (χ1n) is 8.92. The van der Waals surface area contributed by atoms with E-state index in [0.717, 1.165) is 12.8 Å². The number of benzene rings is 1. The minimum atomic E-state index is -3.76. The Bertz CT molecular complexity index is 1040. The van der Waals surface area contributed by atoms with E-state index in [0.29, 0.717) is 36.1 Å². The highest BCUT2D eigenvalue weighted by Crippen LogP contribution is 2.25. The van der Waals surface area contributed by atoms with Crippen LogP contribution in [-0.4, -0.2) is 32.3 Å². The zero-order valence-electron chi connectivity index (χ0n) is 15.5. The number of hydrogen-bond donors (Lipinski definition) is 1. The van der Waals surface area contributed by atoms with E-state index in [1.165, 1.54) is 18.2 Å². The van der Waals surface area contributed by atoms with Gasteiger partial charge in [0.1, 0.15) is 23.2 Å². The van der Waals surface area contributed by atoms with E-state index in [2.05, 4.69) is 6.92 Å². The maximum absolute atomic E-state index is 12.6. The highest BCUT2D eigenvalue weighted by Gasteiger charge is 2.23. The fraction of sp³-hybridized carbons (Fsp3) is 0.300. The molecular weight excluding hydrogens is 378 g/mol. The van der Waals surface area contributed by atoms with Crippen LogP contribution in [0.5, 0.6) is 0 Å². The molecule has 7 nitrogen and oxygen atoms in total. The van der Waals surface area contributed by atoms with Gasteiger partial charge >= 0.3 is 0 Å². The third kappa shape index (κ3) is 4.50. The van der Waals surface area contributed by atoms with Gasteiger partial charge in [-0.05, 0) is 55.2 Å². The summed E-state index contributed by atoms with van der Waals surface area (Å²) in [4.78, 5) is 14.3. The van der Waals surface area contributed by atoms with E-state index >= 15 is 0 Å². The predicted octanol–water partition coefficient (Wildman–Crippen LogP) is 2.76. The Morgan fingerprint density at radius 2 is 1.86 bits per heavy atom. The molecule has 0 spiro atoms. The third-order valence-electron chi connectivity index (χ3n) is 4.80. The number of sulfonamides is 1. The van der Waals surface area contributed by atoms with E-state index in [-0.39, 0.29) is 16.4 Å². The van der Waals surface area contributed by atoms with Crippen LogP contribution in [0.2, 0.25) is 0 Å². The zero-order chi connectivity index (χ0) is 20.3. The summed E-state index contributed by atoms with van der Waals surface area (Å²) >= 11 is 0. The van der Waals surface area contributed by atoms with Crippen LogP contribution in [0, 0.1) is 17.2 Å². The Balaban J connectivity index is 1.78. The molecule has 0 unspecified atom stereocenters. The molecule has 2 N–H and O–H groups in total. The zero-order valence-corrected chi connectivity index (χ0v) is 16.3. The van der Waals surface area contributed by atoms with Gasteiger partial charge in [0.25, 0.3) is 5.91 Å². The van der Waals surface area contributed by atoms with Crippen molar-refractivity contribution in [3.8, 4) is 17.4 Å². The minimum absolute atomic E-state index is 0.0103. The highest BCUT2D eigenvalue weighted by atomic mass is 32.2. The fourth-order valence-corrected chi connectivity index (χ4v) is 3.58. The van der Waals surface area contributed by atoms with E-state index in [1.54, 1.807) is 29.2 Å². The smallest absolute Gasteiger partial charge is 0.264 e. The monoisotopic (exact) mass is 399 g/mol. The van der Waals surface area contributed by atoms with Crippen LogP contribution in [0.3, 0.4) is 0 Å². The van der Waals surface area contributed by atoms with Crippen molar-refractivity contribution in [3.05, 3.63) is 47.7 Å². The number of carbonyl (C=O) groups excluding carboxylic acids is 1. The van der Waals surface area contributed by atoms with Crippen molar-refractivity contribution in [1.29, 1.82) is 5.26 Å². The van der Waals surface area contributed by atoms with Gasteiger partial charge in [-0.3, -0.25) is 4.79 Å². The highest BCUT2D eigenvalue weighted by molar-refractivity contribution is 7.89. The van der Waals surface area contributed by atoms with Gasteiger partial charge in [0, 0.05) is 24.7 Å². The molecule has 0 saturated carbocycles. The summed E-state index contributed by atoms with van der Waals surface area (Å²) in [6, 6.07) is 11.3. The van der Waals surface area contributed by atoms with Crippen LogP contribution >= 0.6 is 0 Å². The van der Waals surface area contributed by atoms with Crippen molar-refractivity contribution in [2.75, 3.05) is 13.1 Å². The molecule has 28 heavy (non-hydrogen) atoms. The van der Waals surface area contributed by atoms with Crippen LogP contribution in [0.4, 0.5) is 0 Å². The number of likely N-dealkylation sites (tertiary alicyclic amines) is 1. The molecule has 1 aromatic heterocycles. The summed E-state index contributed by atoms with van der Waals surface area (Å²) in [6.45, 7) is 3.46. The summed E-state index contributed by atoms with van der Waals surface area (Å²) in [6.07, 6.45) is 3.30. The average Bonchev–Trinajstić information content (AvgIpc) is 3.14. The SMILES string of the molecule is CC1CCN(C(=O)C(C#N)=Cc2ccc(-c3ccc(S(N)(=O)=O)cc3)o2)CC1. The number of nitriles is 1. The number of piperidine rings is 1. The number of primary sulfonamides is 1.